The third-order valence-corrected chi connectivity index (χ3v) is 9.74. The van der Waals surface area contributed by atoms with Crippen LogP contribution in [0.25, 0.3) is 11.0 Å². The number of esters is 1. The Balaban J connectivity index is 1.28. The highest BCUT2D eigenvalue weighted by Gasteiger charge is 2.75. The Kier molecular flexibility index (Phi) is 10.2. The molecule has 0 unspecified atom stereocenters. The first-order chi connectivity index (χ1) is 23.8. The van der Waals surface area contributed by atoms with Crippen LogP contribution in [-0.4, -0.2) is 97.6 Å². The SMILES string of the molecule is C=CCCC(=O)NC[C@H](OC(=O)[C@@H]1[C@@H]2CC[C@]3(O2)[C@H](C(=O)N(CC=C)Cn2nnc4ccccc42)N(CCCO)C(=O)[C@@H]13)c1ccccc1. The van der Waals surface area contributed by atoms with E-state index in [4.69, 9.17) is 9.47 Å². The van der Waals surface area contributed by atoms with Crippen LogP contribution in [0.5, 0.6) is 0 Å². The standard InChI is InChI=1S/C36H42N6O7/c1-3-5-16-29(44)37-22-28(24-12-7-6-8-13-24)48-35(47)30-27-17-18-36(49-27)31(30)33(45)41(20-11-21-43)32(36)34(46)40(19-4-2)23-42-26-15-10-9-14-25(26)38-39-42/h3-4,6-10,12-15,27-28,30-32,43H,1-2,5,11,16-23H2,(H,37,44)/t27-,28-,30+,31+,32-,36+/m0/s1. The molecule has 3 aliphatic rings. The van der Waals surface area contributed by atoms with Crippen molar-refractivity contribution < 1.29 is 33.8 Å². The molecule has 2 N–H and O–H groups in total. The van der Waals surface area contributed by atoms with E-state index in [9.17, 15) is 24.3 Å². The number of hydrogen-bond donors (Lipinski definition) is 2. The van der Waals surface area contributed by atoms with Crippen molar-refractivity contribution in [3.05, 3.63) is 85.5 Å². The summed E-state index contributed by atoms with van der Waals surface area (Å²) in [6, 6.07) is 15.5. The molecule has 6 atom stereocenters. The fraction of sp³-hybridized carbons (Fsp3) is 0.444. The smallest absolute Gasteiger partial charge is 0.313 e. The van der Waals surface area contributed by atoms with Crippen LogP contribution in [0.15, 0.2) is 79.9 Å². The van der Waals surface area contributed by atoms with Crippen LogP contribution in [0.2, 0.25) is 0 Å². The van der Waals surface area contributed by atoms with Crippen molar-refractivity contribution in [2.24, 2.45) is 11.8 Å². The lowest BCUT2D eigenvalue weighted by Crippen LogP contribution is -2.56. The normalized spacial score (nSPS) is 24.4. The van der Waals surface area contributed by atoms with Gasteiger partial charge in [-0.3, -0.25) is 19.2 Å². The maximum absolute atomic E-state index is 14.6. The number of allylic oxidation sites excluding steroid dienone is 1. The third kappa shape index (κ3) is 6.47. The predicted molar refractivity (Wildman–Crippen MR) is 178 cm³/mol. The molecule has 0 aliphatic carbocycles. The molecule has 2 bridgehead atoms. The second-order valence-electron chi connectivity index (χ2n) is 12.7. The minimum atomic E-state index is -1.26. The number of rotatable bonds is 16. The molecule has 2 aromatic carbocycles. The maximum Gasteiger partial charge on any atom is 0.313 e. The molecular formula is C36H42N6O7. The lowest BCUT2D eigenvalue weighted by molar-refractivity contribution is -0.160. The summed E-state index contributed by atoms with van der Waals surface area (Å²) >= 11 is 0. The van der Waals surface area contributed by atoms with Gasteiger partial charge in [-0.1, -0.05) is 59.8 Å². The maximum atomic E-state index is 14.6. The van der Waals surface area contributed by atoms with Crippen molar-refractivity contribution in [1.29, 1.82) is 0 Å². The zero-order valence-corrected chi connectivity index (χ0v) is 27.4. The second-order valence-corrected chi connectivity index (χ2v) is 12.7. The zero-order chi connectivity index (χ0) is 34.5. The zero-order valence-electron chi connectivity index (χ0n) is 27.4. The van der Waals surface area contributed by atoms with Gasteiger partial charge < -0.3 is 29.7 Å². The van der Waals surface area contributed by atoms with E-state index in [-0.39, 0.29) is 63.5 Å². The molecule has 6 rings (SSSR count). The van der Waals surface area contributed by atoms with E-state index in [0.717, 1.165) is 5.52 Å². The van der Waals surface area contributed by atoms with Gasteiger partial charge in [0.15, 0.2) is 0 Å². The van der Waals surface area contributed by atoms with E-state index < -0.39 is 41.7 Å². The molecule has 0 saturated carbocycles. The molecule has 3 amide bonds. The second kappa shape index (κ2) is 14.7. The summed E-state index contributed by atoms with van der Waals surface area (Å²) in [7, 11) is 0. The van der Waals surface area contributed by atoms with Crippen molar-refractivity contribution in [3.63, 3.8) is 0 Å². The van der Waals surface area contributed by atoms with Crippen LogP contribution in [0.4, 0.5) is 0 Å². The first-order valence-corrected chi connectivity index (χ1v) is 16.7. The number of likely N-dealkylation sites (tertiary alicyclic amines) is 1. The van der Waals surface area contributed by atoms with Crippen molar-refractivity contribution >= 4 is 34.7 Å². The molecule has 13 nitrogen and oxygen atoms in total. The summed E-state index contributed by atoms with van der Waals surface area (Å²) in [6.07, 6.45) is 3.71. The van der Waals surface area contributed by atoms with Crippen LogP contribution in [0, 0.1) is 11.8 Å². The number of ether oxygens (including phenoxy) is 2. The van der Waals surface area contributed by atoms with Gasteiger partial charge in [-0.05, 0) is 43.4 Å². The molecule has 13 heteroatoms. The lowest BCUT2D eigenvalue weighted by atomic mass is 9.70. The van der Waals surface area contributed by atoms with Gasteiger partial charge in [0.2, 0.25) is 17.7 Å². The van der Waals surface area contributed by atoms with Gasteiger partial charge in [-0.15, -0.1) is 18.3 Å². The summed E-state index contributed by atoms with van der Waals surface area (Å²) in [5, 5.41) is 21.0. The number of benzene rings is 2. The first kappa shape index (κ1) is 34.0. The summed E-state index contributed by atoms with van der Waals surface area (Å²) < 4.78 is 14.3. The summed E-state index contributed by atoms with van der Waals surface area (Å²) in [5.74, 6) is -3.48. The van der Waals surface area contributed by atoms with Gasteiger partial charge in [0.1, 0.15) is 29.9 Å². The third-order valence-electron chi connectivity index (χ3n) is 9.74. The number of hydrogen-bond acceptors (Lipinski definition) is 9. The number of aliphatic hydroxyl groups excluding tert-OH is 1. The molecule has 3 saturated heterocycles. The van der Waals surface area contributed by atoms with Crippen LogP contribution in [-0.2, 0) is 35.3 Å². The van der Waals surface area contributed by atoms with E-state index in [1.165, 1.54) is 4.90 Å². The van der Waals surface area contributed by atoms with Gasteiger partial charge in [0.05, 0.1) is 30.0 Å². The molecule has 0 radical (unpaired) electrons. The number of amides is 3. The number of fused-ring (bicyclic) bond motifs is 2. The topological polar surface area (TPSA) is 156 Å². The molecule has 1 spiro atoms. The minimum absolute atomic E-state index is 0.0466. The average Bonchev–Trinajstić information content (AvgIpc) is 3.87. The van der Waals surface area contributed by atoms with Gasteiger partial charge in [0.25, 0.3) is 0 Å². The Morgan fingerprint density at radius 3 is 2.67 bits per heavy atom. The van der Waals surface area contributed by atoms with Gasteiger partial charge in [-0.25, -0.2) is 4.68 Å². The van der Waals surface area contributed by atoms with Crippen LogP contribution >= 0.6 is 0 Å². The molecule has 4 heterocycles. The quantitative estimate of drug-likeness (QED) is 0.173. The molecule has 3 aliphatic heterocycles. The highest BCUT2D eigenvalue weighted by Crippen LogP contribution is 2.59. The molecule has 49 heavy (non-hydrogen) atoms. The predicted octanol–water partition coefficient (Wildman–Crippen LogP) is 2.53. The molecule has 1 aromatic heterocycles. The van der Waals surface area contributed by atoms with E-state index in [1.807, 2.05) is 54.6 Å². The molecule has 3 fully saturated rings. The first-order valence-electron chi connectivity index (χ1n) is 16.7. The number of nitrogens with one attached hydrogen (secondary N) is 1. The summed E-state index contributed by atoms with van der Waals surface area (Å²) in [6.45, 7) is 7.69. The van der Waals surface area contributed by atoms with Crippen molar-refractivity contribution in [2.75, 3.05) is 26.2 Å². The fourth-order valence-electron chi connectivity index (χ4n) is 7.55. The van der Waals surface area contributed by atoms with Crippen molar-refractivity contribution in [1.82, 2.24) is 30.1 Å². The van der Waals surface area contributed by atoms with Crippen LogP contribution in [0.1, 0.15) is 43.8 Å². The molecule has 3 aromatic rings. The fourth-order valence-corrected chi connectivity index (χ4v) is 7.55. The van der Waals surface area contributed by atoms with Crippen molar-refractivity contribution in [3.8, 4) is 0 Å². The highest BCUT2D eigenvalue weighted by atomic mass is 16.6. The Bertz CT molecular complexity index is 1710. The monoisotopic (exact) mass is 670 g/mol. The number of carbonyl (C=O) groups is 4. The Hall–Kier alpha value is -4.88. The number of para-hydroxylation sites is 1. The number of carbonyl (C=O) groups excluding carboxylic acids is 4. The van der Waals surface area contributed by atoms with E-state index in [1.54, 1.807) is 21.7 Å². The van der Waals surface area contributed by atoms with Gasteiger partial charge >= 0.3 is 5.97 Å². The highest BCUT2D eigenvalue weighted by molar-refractivity contribution is 5.98. The van der Waals surface area contributed by atoms with E-state index >= 15 is 0 Å². The molecular weight excluding hydrogens is 628 g/mol. The number of aliphatic hydroxyl groups is 1. The molecule has 258 valence electrons. The largest absolute Gasteiger partial charge is 0.455 e. The number of nitrogens with zero attached hydrogens (tertiary/aromatic N) is 5. The minimum Gasteiger partial charge on any atom is -0.455 e. The van der Waals surface area contributed by atoms with E-state index in [0.29, 0.717) is 30.3 Å². The van der Waals surface area contributed by atoms with Gasteiger partial charge in [-0.2, -0.15) is 0 Å². The summed E-state index contributed by atoms with van der Waals surface area (Å²) in [5.41, 5.74) is 0.848. The Morgan fingerprint density at radius 1 is 1.14 bits per heavy atom. The van der Waals surface area contributed by atoms with Crippen LogP contribution < -0.4 is 5.32 Å². The average molecular weight is 671 g/mol. The summed E-state index contributed by atoms with van der Waals surface area (Å²) in [4.78, 5) is 58.5. The van der Waals surface area contributed by atoms with Crippen molar-refractivity contribution in [2.45, 2.75) is 62.6 Å². The van der Waals surface area contributed by atoms with Crippen LogP contribution in [0.3, 0.4) is 0 Å². The lowest BCUT2D eigenvalue weighted by Gasteiger charge is -2.36. The number of aromatic nitrogens is 3. The Labute approximate surface area is 284 Å². The van der Waals surface area contributed by atoms with E-state index in [2.05, 4.69) is 28.8 Å². The van der Waals surface area contributed by atoms with Gasteiger partial charge in [0, 0.05) is 26.1 Å². The Morgan fingerprint density at radius 2 is 1.92 bits per heavy atom.